The van der Waals surface area contributed by atoms with E-state index in [9.17, 15) is 0 Å². The van der Waals surface area contributed by atoms with Crippen molar-refractivity contribution >= 4 is 23.2 Å². The molecule has 23 heavy (non-hydrogen) atoms. The Balaban J connectivity index is 1.81. The number of rotatable bonds is 2. The van der Waals surface area contributed by atoms with Crippen LogP contribution in [0.2, 0.25) is 0 Å². The molecule has 0 aliphatic carbocycles. The fourth-order valence-electron chi connectivity index (χ4n) is 2.79. The lowest BCUT2D eigenvalue weighted by molar-refractivity contribution is 1.00. The number of hydrogen-bond acceptors (Lipinski definition) is 3. The first-order valence-corrected chi connectivity index (χ1v) is 8.57. The summed E-state index contributed by atoms with van der Waals surface area (Å²) in [4.78, 5) is 10.3. The van der Waals surface area contributed by atoms with Gasteiger partial charge in [0.05, 0.1) is 5.69 Å². The molecule has 112 valence electrons. The van der Waals surface area contributed by atoms with E-state index in [1.807, 2.05) is 30.2 Å². The number of fused-ring (bicyclic) bond motifs is 1. The summed E-state index contributed by atoms with van der Waals surface area (Å²) in [6.07, 6.45) is 4.64. The van der Waals surface area contributed by atoms with Crippen LogP contribution in [0.5, 0.6) is 0 Å². The van der Waals surface area contributed by atoms with Crippen molar-refractivity contribution in [1.29, 1.82) is 0 Å². The number of aromatic nitrogens is 1. The molecule has 0 amide bonds. The molecular formula is C20H16N2S. The third-order valence-electron chi connectivity index (χ3n) is 3.95. The van der Waals surface area contributed by atoms with Crippen molar-refractivity contribution in [3.8, 4) is 0 Å². The third-order valence-corrected chi connectivity index (χ3v) is 5.28. The van der Waals surface area contributed by atoms with Gasteiger partial charge in [0.15, 0.2) is 0 Å². The van der Waals surface area contributed by atoms with Crippen LogP contribution >= 0.6 is 11.8 Å². The Labute approximate surface area is 140 Å². The fourth-order valence-corrected chi connectivity index (χ4v) is 4.02. The van der Waals surface area contributed by atoms with E-state index < -0.39 is 0 Å². The lowest BCUT2D eigenvalue weighted by Crippen LogP contribution is -2.05. The third kappa shape index (κ3) is 3.06. The second-order valence-corrected chi connectivity index (χ2v) is 6.73. The molecule has 0 saturated carbocycles. The van der Waals surface area contributed by atoms with Crippen LogP contribution in [-0.4, -0.2) is 10.7 Å². The average molecular weight is 316 g/mol. The highest BCUT2D eigenvalue weighted by atomic mass is 32.2. The molecule has 2 nitrogen and oxygen atoms in total. The van der Waals surface area contributed by atoms with Crippen LogP contribution in [0.25, 0.3) is 0 Å². The second-order valence-electron chi connectivity index (χ2n) is 5.48. The van der Waals surface area contributed by atoms with Gasteiger partial charge in [-0.15, -0.1) is 11.8 Å². The SMILES string of the molecule is c1ccc(C2=Nc3ccccc3SC(c3ccncc3)C2)cc1. The molecule has 1 aliphatic rings. The van der Waals surface area contributed by atoms with Gasteiger partial charge in [0.25, 0.3) is 0 Å². The van der Waals surface area contributed by atoms with Gasteiger partial charge >= 0.3 is 0 Å². The number of aliphatic imine (C=N–C) groups is 1. The number of benzene rings is 2. The molecule has 1 aliphatic heterocycles. The average Bonchev–Trinajstić information content (AvgIpc) is 2.83. The molecule has 2 aromatic carbocycles. The summed E-state index contributed by atoms with van der Waals surface area (Å²) in [6.45, 7) is 0. The normalized spacial score (nSPS) is 17.0. The fraction of sp³-hybridized carbons (Fsp3) is 0.100. The summed E-state index contributed by atoms with van der Waals surface area (Å²) in [7, 11) is 0. The van der Waals surface area contributed by atoms with Gasteiger partial charge in [-0.1, -0.05) is 42.5 Å². The minimum atomic E-state index is 0.348. The summed E-state index contributed by atoms with van der Waals surface area (Å²) in [6, 6.07) is 23.1. The molecule has 3 aromatic rings. The quantitative estimate of drug-likeness (QED) is 0.629. The van der Waals surface area contributed by atoms with Crippen molar-refractivity contribution in [3.05, 3.63) is 90.3 Å². The summed E-state index contributed by atoms with van der Waals surface area (Å²) in [5.74, 6) is 0. The van der Waals surface area contributed by atoms with Crippen LogP contribution in [0.4, 0.5) is 5.69 Å². The molecule has 1 unspecified atom stereocenters. The first-order chi connectivity index (χ1) is 11.4. The highest BCUT2D eigenvalue weighted by molar-refractivity contribution is 7.99. The van der Waals surface area contributed by atoms with E-state index in [2.05, 4.69) is 65.6 Å². The van der Waals surface area contributed by atoms with Gasteiger partial charge in [0.2, 0.25) is 0 Å². The van der Waals surface area contributed by atoms with Crippen LogP contribution in [0.1, 0.15) is 22.8 Å². The number of para-hydroxylation sites is 1. The molecule has 0 N–H and O–H groups in total. The van der Waals surface area contributed by atoms with Crippen LogP contribution in [0.3, 0.4) is 0 Å². The molecular weight excluding hydrogens is 300 g/mol. The topological polar surface area (TPSA) is 25.2 Å². The van der Waals surface area contributed by atoms with Crippen LogP contribution in [0.15, 0.2) is 89.0 Å². The van der Waals surface area contributed by atoms with Gasteiger partial charge < -0.3 is 0 Å². The zero-order valence-corrected chi connectivity index (χ0v) is 13.4. The molecule has 3 heteroatoms. The Morgan fingerprint density at radius 2 is 1.57 bits per heavy atom. The van der Waals surface area contributed by atoms with E-state index >= 15 is 0 Å². The Morgan fingerprint density at radius 3 is 2.39 bits per heavy atom. The van der Waals surface area contributed by atoms with Crippen molar-refractivity contribution in [2.24, 2.45) is 4.99 Å². The van der Waals surface area contributed by atoms with Crippen molar-refractivity contribution < 1.29 is 0 Å². The van der Waals surface area contributed by atoms with Gasteiger partial charge in [-0.25, -0.2) is 0 Å². The van der Waals surface area contributed by atoms with Gasteiger partial charge in [-0.2, -0.15) is 0 Å². The predicted molar refractivity (Wildman–Crippen MR) is 96.5 cm³/mol. The monoisotopic (exact) mass is 316 g/mol. The zero-order valence-electron chi connectivity index (χ0n) is 12.6. The Bertz CT molecular complexity index is 829. The van der Waals surface area contributed by atoms with E-state index in [1.165, 1.54) is 16.0 Å². The lowest BCUT2D eigenvalue weighted by atomic mass is 10.0. The highest BCUT2D eigenvalue weighted by Crippen LogP contribution is 2.45. The van der Waals surface area contributed by atoms with Crippen molar-refractivity contribution in [2.75, 3.05) is 0 Å². The molecule has 0 radical (unpaired) electrons. The maximum atomic E-state index is 4.97. The predicted octanol–water partition coefficient (Wildman–Crippen LogP) is 5.44. The molecule has 0 bridgehead atoms. The highest BCUT2D eigenvalue weighted by Gasteiger charge is 2.22. The minimum Gasteiger partial charge on any atom is -0.265 e. The number of hydrogen-bond donors (Lipinski definition) is 0. The Hall–Kier alpha value is -2.39. The molecule has 0 spiro atoms. The van der Waals surface area contributed by atoms with Gasteiger partial charge in [0.1, 0.15) is 0 Å². The van der Waals surface area contributed by atoms with Gasteiger partial charge in [-0.05, 0) is 35.4 Å². The van der Waals surface area contributed by atoms with Crippen LogP contribution in [-0.2, 0) is 0 Å². The van der Waals surface area contributed by atoms with E-state index in [0.717, 1.165) is 17.8 Å². The molecule has 1 atom stereocenters. The van der Waals surface area contributed by atoms with Crippen molar-refractivity contribution in [3.63, 3.8) is 0 Å². The second kappa shape index (κ2) is 6.39. The van der Waals surface area contributed by atoms with E-state index in [1.54, 1.807) is 0 Å². The van der Waals surface area contributed by atoms with Crippen LogP contribution < -0.4 is 0 Å². The maximum Gasteiger partial charge on any atom is 0.0769 e. The Morgan fingerprint density at radius 1 is 0.826 bits per heavy atom. The molecule has 1 aromatic heterocycles. The number of pyridine rings is 1. The lowest BCUT2D eigenvalue weighted by Gasteiger charge is -2.15. The minimum absolute atomic E-state index is 0.348. The maximum absolute atomic E-state index is 4.97. The summed E-state index contributed by atoms with van der Waals surface area (Å²) < 4.78 is 0. The van der Waals surface area contributed by atoms with Gasteiger partial charge in [0, 0.05) is 34.7 Å². The van der Waals surface area contributed by atoms with Crippen molar-refractivity contribution in [1.82, 2.24) is 4.98 Å². The summed E-state index contributed by atoms with van der Waals surface area (Å²) in [5.41, 5.74) is 4.70. The largest absolute Gasteiger partial charge is 0.265 e. The van der Waals surface area contributed by atoms with E-state index in [4.69, 9.17) is 4.99 Å². The van der Waals surface area contributed by atoms with E-state index in [0.29, 0.717) is 5.25 Å². The number of thioether (sulfide) groups is 1. The summed E-state index contributed by atoms with van der Waals surface area (Å²) in [5, 5.41) is 0.348. The van der Waals surface area contributed by atoms with Crippen LogP contribution in [0, 0.1) is 0 Å². The molecule has 0 saturated heterocycles. The smallest absolute Gasteiger partial charge is 0.0769 e. The first-order valence-electron chi connectivity index (χ1n) is 7.69. The van der Waals surface area contributed by atoms with E-state index in [-0.39, 0.29) is 0 Å². The summed E-state index contributed by atoms with van der Waals surface area (Å²) >= 11 is 1.89. The Kier molecular flexibility index (Phi) is 3.95. The zero-order chi connectivity index (χ0) is 15.5. The number of nitrogens with zero attached hydrogens (tertiary/aromatic N) is 2. The molecule has 2 heterocycles. The first kappa shape index (κ1) is 14.2. The molecule has 0 fully saturated rings. The van der Waals surface area contributed by atoms with Gasteiger partial charge in [-0.3, -0.25) is 9.98 Å². The molecule has 4 rings (SSSR count). The van der Waals surface area contributed by atoms with Crippen molar-refractivity contribution in [2.45, 2.75) is 16.6 Å². The standard InChI is InChI=1S/C20H16N2S/c1-2-6-15(7-3-1)18-14-20(16-10-12-21-13-11-16)23-19-9-5-4-8-17(19)22-18/h1-13,20H,14H2.